The SMILES string of the molecule is COc1ccc(Cl)cc1NC(=O)c1cc2cccc(C)c2oc1=O. The average molecular weight is 344 g/mol. The number of benzene rings is 2. The number of aryl methyl sites for hydroxylation is 1. The van der Waals surface area contributed by atoms with E-state index in [1.54, 1.807) is 24.3 Å². The van der Waals surface area contributed by atoms with Crippen molar-refractivity contribution in [2.75, 3.05) is 12.4 Å². The smallest absolute Gasteiger partial charge is 0.349 e. The number of halogens is 1. The van der Waals surface area contributed by atoms with Crippen molar-refractivity contribution in [3.05, 3.63) is 69.0 Å². The van der Waals surface area contributed by atoms with Crippen LogP contribution in [0, 0.1) is 6.92 Å². The van der Waals surface area contributed by atoms with Crippen LogP contribution in [-0.2, 0) is 0 Å². The van der Waals surface area contributed by atoms with Crippen LogP contribution in [0.2, 0.25) is 5.02 Å². The second kappa shape index (κ2) is 6.37. The van der Waals surface area contributed by atoms with Crippen molar-refractivity contribution in [3.8, 4) is 5.75 Å². The molecule has 0 saturated heterocycles. The van der Waals surface area contributed by atoms with E-state index < -0.39 is 11.5 Å². The minimum Gasteiger partial charge on any atom is -0.495 e. The second-order valence-corrected chi connectivity index (χ2v) is 5.68. The summed E-state index contributed by atoms with van der Waals surface area (Å²) in [5, 5.41) is 3.75. The van der Waals surface area contributed by atoms with Gasteiger partial charge in [0.2, 0.25) is 0 Å². The van der Waals surface area contributed by atoms with E-state index in [-0.39, 0.29) is 5.56 Å². The molecule has 1 aromatic heterocycles. The van der Waals surface area contributed by atoms with Gasteiger partial charge in [0.25, 0.3) is 5.91 Å². The number of ether oxygens (including phenoxy) is 1. The molecule has 0 aliphatic heterocycles. The molecule has 122 valence electrons. The third kappa shape index (κ3) is 2.98. The van der Waals surface area contributed by atoms with E-state index in [1.807, 2.05) is 19.1 Å². The quantitative estimate of drug-likeness (QED) is 0.729. The molecule has 0 saturated carbocycles. The zero-order chi connectivity index (χ0) is 17.3. The van der Waals surface area contributed by atoms with Crippen LogP contribution in [0.25, 0.3) is 11.0 Å². The molecule has 0 spiro atoms. The standard InChI is InChI=1S/C18H14ClNO4/c1-10-4-3-5-11-8-13(18(22)24-16(10)11)17(21)20-14-9-12(19)6-7-15(14)23-2/h3-9H,1-2H3,(H,20,21). The average Bonchev–Trinajstić information content (AvgIpc) is 2.55. The molecule has 0 bridgehead atoms. The van der Waals surface area contributed by atoms with E-state index in [0.29, 0.717) is 27.4 Å². The van der Waals surface area contributed by atoms with Crippen molar-refractivity contribution in [2.45, 2.75) is 6.92 Å². The maximum absolute atomic E-state index is 12.5. The maximum atomic E-state index is 12.5. The van der Waals surface area contributed by atoms with E-state index in [9.17, 15) is 9.59 Å². The third-order valence-electron chi connectivity index (χ3n) is 3.61. The fourth-order valence-electron chi connectivity index (χ4n) is 2.42. The number of fused-ring (bicyclic) bond motifs is 1. The number of anilines is 1. The molecule has 0 aliphatic carbocycles. The van der Waals surface area contributed by atoms with Crippen molar-refractivity contribution in [1.82, 2.24) is 0 Å². The van der Waals surface area contributed by atoms with Crippen LogP contribution in [0.1, 0.15) is 15.9 Å². The van der Waals surface area contributed by atoms with Gasteiger partial charge in [-0.15, -0.1) is 0 Å². The molecule has 0 atom stereocenters. The summed E-state index contributed by atoms with van der Waals surface area (Å²) in [5.74, 6) is -0.151. The topological polar surface area (TPSA) is 68.5 Å². The molecule has 6 heteroatoms. The van der Waals surface area contributed by atoms with Crippen molar-refractivity contribution in [1.29, 1.82) is 0 Å². The van der Waals surface area contributed by atoms with Crippen molar-refractivity contribution in [3.63, 3.8) is 0 Å². The van der Waals surface area contributed by atoms with Gasteiger partial charge < -0.3 is 14.5 Å². The van der Waals surface area contributed by atoms with Crippen LogP contribution < -0.4 is 15.7 Å². The predicted octanol–water partition coefficient (Wildman–Crippen LogP) is 4.02. The van der Waals surface area contributed by atoms with E-state index >= 15 is 0 Å². The minimum atomic E-state index is -0.699. The first-order chi connectivity index (χ1) is 11.5. The van der Waals surface area contributed by atoms with Gasteiger partial charge in [-0.25, -0.2) is 4.79 Å². The van der Waals surface area contributed by atoms with Gasteiger partial charge in [-0.3, -0.25) is 4.79 Å². The van der Waals surface area contributed by atoms with Crippen molar-refractivity contribution >= 4 is 34.2 Å². The highest BCUT2D eigenvalue weighted by atomic mass is 35.5. The van der Waals surface area contributed by atoms with Gasteiger partial charge in [0.1, 0.15) is 16.9 Å². The first kappa shape index (κ1) is 16.1. The monoisotopic (exact) mass is 343 g/mol. The highest BCUT2D eigenvalue weighted by molar-refractivity contribution is 6.31. The van der Waals surface area contributed by atoms with Crippen LogP contribution >= 0.6 is 11.6 Å². The minimum absolute atomic E-state index is 0.0878. The molecule has 0 radical (unpaired) electrons. The summed E-state index contributed by atoms with van der Waals surface area (Å²) >= 11 is 5.94. The van der Waals surface area contributed by atoms with Gasteiger partial charge in [0.05, 0.1) is 12.8 Å². The Morgan fingerprint density at radius 2 is 2.00 bits per heavy atom. The van der Waals surface area contributed by atoms with E-state index in [2.05, 4.69) is 5.32 Å². The highest BCUT2D eigenvalue weighted by Gasteiger charge is 2.16. The Labute approximate surface area is 142 Å². The fraction of sp³-hybridized carbons (Fsp3) is 0.111. The van der Waals surface area contributed by atoms with Gasteiger partial charge in [-0.1, -0.05) is 29.8 Å². The Morgan fingerprint density at radius 1 is 1.21 bits per heavy atom. The van der Waals surface area contributed by atoms with Crippen molar-refractivity contribution in [2.24, 2.45) is 0 Å². The number of carbonyl (C=O) groups excluding carboxylic acids is 1. The predicted molar refractivity (Wildman–Crippen MR) is 93.2 cm³/mol. The molecule has 2 aromatic carbocycles. The Hall–Kier alpha value is -2.79. The summed E-state index contributed by atoms with van der Waals surface area (Å²) in [7, 11) is 1.48. The molecule has 0 aliphatic rings. The zero-order valence-electron chi connectivity index (χ0n) is 13.1. The lowest BCUT2D eigenvalue weighted by Crippen LogP contribution is -2.21. The Bertz CT molecular complexity index is 994. The number of rotatable bonds is 3. The first-order valence-electron chi connectivity index (χ1n) is 7.18. The second-order valence-electron chi connectivity index (χ2n) is 5.24. The van der Waals surface area contributed by atoms with Crippen LogP contribution in [-0.4, -0.2) is 13.0 Å². The van der Waals surface area contributed by atoms with E-state index in [0.717, 1.165) is 5.56 Å². The Balaban J connectivity index is 2.02. The summed E-state index contributed by atoms with van der Waals surface area (Å²) < 4.78 is 10.5. The Morgan fingerprint density at radius 3 is 2.75 bits per heavy atom. The molecule has 1 amide bonds. The summed E-state index contributed by atoms with van der Waals surface area (Å²) in [6, 6.07) is 11.8. The fourth-order valence-corrected chi connectivity index (χ4v) is 2.59. The summed E-state index contributed by atoms with van der Waals surface area (Å²) in [5.41, 5.74) is 0.886. The molecule has 1 heterocycles. The molecule has 3 rings (SSSR count). The Kier molecular flexibility index (Phi) is 4.27. The number of nitrogens with one attached hydrogen (secondary N) is 1. The molecular formula is C18H14ClNO4. The number of amides is 1. The summed E-state index contributed by atoms with van der Waals surface area (Å²) in [6.07, 6.45) is 0. The molecule has 0 fully saturated rings. The highest BCUT2D eigenvalue weighted by Crippen LogP contribution is 2.28. The van der Waals surface area contributed by atoms with Crippen LogP contribution in [0.5, 0.6) is 5.75 Å². The number of carbonyl (C=O) groups is 1. The lowest BCUT2D eigenvalue weighted by molar-refractivity contribution is 0.102. The first-order valence-corrected chi connectivity index (χ1v) is 7.56. The van der Waals surface area contributed by atoms with Crippen LogP contribution in [0.3, 0.4) is 0 Å². The lowest BCUT2D eigenvalue weighted by Gasteiger charge is -2.10. The van der Waals surface area contributed by atoms with Gasteiger partial charge in [0.15, 0.2) is 0 Å². The molecule has 5 nitrogen and oxygen atoms in total. The zero-order valence-corrected chi connectivity index (χ0v) is 13.8. The molecule has 24 heavy (non-hydrogen) atoms. The number of methoxy groups -OCH3 is 1. The maximum Gasteiger partial charge on any atom is 0.349 e. The largest absolute Gasteiger partial charge is 0.495 e. The third-order valence-corrected chi connectivity index (χ3v) is 3.85. The molecule has 3 aromatic rings. The number of hydrogen-bond acceptors (Lipinski definition) is 4. The van der Waals surface area contributed by atoms with Gasteiger partial charge in [0, 0.05) is 10.4 Å². The van der Waals surface area contributed by atoms with Gasteiger partial charge in [-0.05, 0) is 36.8 Å². The number of hydrogen-bond donors (Lipinski definition) is 1. The lowest BCUT2D eigenvalue weighted by atomic mass is 10.1. The molecular weight excluding hydrogens is 330 g/mol. The van der Waals surface area contributed by atoms with Gasteiger partial charge >= 0.3 is 5.63 Å². The van der Waals surface area contributed by atoms with E-state index in [4.69, 9.17) is 20.8 Å². The van der Waals surface area contributed by atoms with Crippen LogP contribution in [0.4, 0.5) is 5.69 Å². The van der Waals surface area contributed by atoms with Gasteiger partial charge in [-0.2, -0.15) is 0 Å². The van der Waals surface area contributed by atoms with Crippen molar-refractivity contribution < 1.29 is 13.9 Å². The summed E-state index contributed by atoms with van der Waals surface area (Å²) in [4.78, 5) is 24.6. The van der Waals surface area contributed by atoms with E-state index in [1.165, 1.54) is 13.2 Å². The van der Waals surface area contributed by atoms with Crippen LogP contribution in [0.15, 0.2) is 51.7 Å². The molecule has 1 N–H and O–H groups in total. The molecule has 0 unspecified atom stereocenters. The normalized spacial score (nSPS) is 10.6. The number of para-hydroxylation sites is 1. The summed E-state index contributed by atoms with van der Waals surface area (Å²) in [6.45, 7) is 1.84.